The summed E-state index contributed by atoms with van der Waals surface area (Å²) in [6.45, 7) is 5.30. The first-order valence-corrected chi connectivity index (χ1v) is 7.48. The number of hydrogen-bond acceptors (Lipinski definition) is 3. The molecule has 1 fully saturated rings. The maximum absolute atomic E-state index is 5.47. The Labute approximate surface area is 126 Å². The fraction of sp³-hybridized carbons (Fsp3) is 0.412. The van der Waals surface area contributed by atoms with E-state index < -0.39 is 0 Å². The lowest BCUT2D eigenvalue weighted by Gasteiger charge is -2.36. The third-order valence-corrected chi connectivity index (χ3v) is 4.24. The highest BCUT2D eigenvalue weighted by atomic mass is 16.5. The number of hydrogen-bond donors (Lipinski definition) is 0. The summed E-state index contributed by atoms with van der Waals surface area (Å²) in [5, 5.41) is 0. The minimum Gasteiger partial charge on any atom is -0.495 e. The van der Waals surface area contributed by atoms with Crippen molar-refractivity contribution in [2.75, 3.05) is 38.2 Å². The number of benzene rings is 1. The topological polar surface area (TPSA) is 20.6 Å². The molecular weight excluding hydrogens is 262 g/mol. The maximum atomic E-state index is 5.47. The maximum Gasteiger partial charge on any atom is 0.142 e. The van der Waals surface area contributed by atoms with Crippen LogP contribution in [-0.4, -0.2) is 42.8 Å². The van der Waals surface area contributed by atoms with Crippen molar-refractivity contribution >= 4 is 5.69 Å². The lowest BCUT2D eigenvalue weighted by Crippen LogP contribution is -2.46. The second-order valence-electron chi connectivity index (χ2n) is 5.55. The van der Waals surface area contributed by atoms with Gasteiger partial charge in [0, 0.05) is 51.7 Å². The van der Waals surface area contributed by atoms with Crippen LogP contribution in [0.25, 0.3) is 0 Å². The molecule has 0 N–H and O–H groups in total. The van der Waals surface area contributed by atoms with Crippen LogP contribution < -0.4 is 9.64 Å². The zero-order valence-electron chi connectivity index (χ0n) is 12.8. The van der Waals surface area contributed by atoms with Gasteiger partial charge in [-0.2, -0.15) is 0 Å². The van der Waals surface area contributed by atoms with Crippen LogP contribution in [0.5, 0.6) is 5.75 Å². The second-order valence-corrected chi connectivity index (χ2v) is 5.55. The van der Waals surface area contributed by atoms with E-state index in [0.717, 1.165) is 38.5 Å². The van der Waals surface area contributed by atoms with E-state index in [0.29, 0.717) is 0 Å². The van der Waals surface area contributed by atoms with Crippen molar-refractivity contribution in [2.45, 2.75) is 6.54 Å². The summed E-state index contributed by atoms with van der Waals surface area (Å²) in [6, 6.07) is 12.6. The molecule has 3 rings (SSSR count). The Morgan fingerprint density at radius 3 is 2.43 bits per heavy atom. The Hall–Kier alpha value is -1.94. The fourth-order valence-electron chi connectivity index (χ4n) is 2.93. The molecule has 4 heteroatoms. The van der Waals surface area contributed by atoms with Gasteiger partial charge in [0.25, 0.3) is 0 Å². The van der Waals surface area contributed by atoms with E-state index in [2.05, 4.69) is 51.9 Å². The highest BCUT2D eigenvalue weighted by Gasteiger charge is 2.19. The molecule has 0 saturated carbocycles. The Morgan fingerprint density at radius 1 is 1.00 bits per heavy atom. The summed E-state index contributed by atoms with van der Waals surface area (Å²) in [7, 11) is 3.85. The number of ether oxygens (including phenoxy) is 1. The Bertz CT molecular complexity index is 585. The molecule has 1 aliphatic rings. The van der Waals surface area contributed by atoms with Crippen molar-refractivity contribution in [3.63, 3.8) is 0 Å². The largest absolute Gasteiger partial charge is 0.495 e. The molecule has 4 nitrogen and oxygen atoms in total. The van der Waals surface area contributed by atoms with Crippen LogP contribution in [0.15, 0.2) is 42.6 Å². The number of nitrogens with zero attached hydrogens (tertiary/aromatic N) is 3. The van der Waals surface area contributed by atoms with Gasteiger partial charge in [0.15, 0.2) is 0 Å². The van der Waals surface area contributed by atoms with Gasteiger partial charge in [-0.05, 0) is 24.3 Å². The number of piperazine rings is 1. The summed E-state index contributed by atoms with van der Waals surface area (Å²) in [5.74, 6) is 0.966. The van der Waals surface area contributed by atoms with Crippen LogP contribution in [0, 0.1) is 0 Å². The Morgan fingerprint density at radius 2 is 1.76 bits per heavy atom. The van der Waals surface area contributed by atoms with Crippen molar-refractivity contribution < 1.29 is 4.74 Å². The first-order chi connectivity index (χ1) is 10.3. The van der Waals surface area contributed by atoms with Gasteiger partial charge in [0.05, 0.1) is 12.8 Å². The van der Waals surface area contributed by atoms with Gasteiger partial charge >= 0.3 is 0 Å². The monoisotopic (exact) mass is 285 g/mol. The molecule has 0 amide bonds. The van der Waals surface area contributed by atoms with Crippen LogP contribution in [0.1, 0.15) is 5.69 Å². The molecular formula is C17H23N3O. The molecule has 2 heterocycles. The predicted octanol–water partition coefficient (Wildman–Crippen LogP) is 2.36. The van der Waals surface area contributed by atoms with Gasteiger partial charge < -0.3 is 14.2 Å². The lowest BCUT2D eigenvalue weighted by molar-refractivity contribution is 0.244. The van der Waals surface area contributed by atoms with Gasteiger partial charge in [-0.1, -0.05) is 12.1 Å². The summed E-state index contributed by atoms with van der Waals surface area (Å²) in [4.78, 5) is 4.93. The molecule has 112 valence electrons. The van der Waals surface area contributed by atoms with Crippen LogP contribution in [0.4, 0.5) is 5.69 Å². The van der Waals surface area contributed by atoms with Crippen molar-refractivity contribution in [3.05, 3.63) is 48.3 Å². The Balaban J connectivity index is 1.61. The van der Waals surface area contributed by atoms with Gasteiger partial charge in [-0.25, -0.2) is 0 Å². The van der Waals surface area contributed by atoms with E-state index in [-0.39, 0.29) is 0 Å². The highest BCUT2D eigenvalue weighted by Crippen LogP contribution is 2.28. The number of aryl methyl sites for hydroxylation is 1. The average molecular weight is 285 g/mol. The molecule has 1 saturated heterocycles. The summed E-state index contributed by atoms with van der Waals surface area (Å²) >= 11 is 0. The van der Waals surface area contributed by atoms with E-state index in [4.69, 9.17) is 4.74 Å². The Kier molecular flexibility index (Phi) is 4.15. The van der Waals surface area contributed by atoms with Crippen molar-refractivity contribution in [1.82, 2.24) is 9.47 Å². The van der Waals surface area contributed by atoms with E-state index in [1.165, 1.54) is 11.4 Å². The third-order valence-electron chi connectivity index (χ3n) is 4.24. The molecule has 1 aromatic heterocycles. The van der Waals surface area contributed by atoms with Crippen molar-refractivity contribution in [1.29, 1.82) is 0 Å². The SMILES string of the molecule is COc1ccccc1N1CCN(Cc2cccn2C)CC1. The zero-order chi connectivity index (χ0) is 14.7. The van der Waals surface area contributed by atoms with E-state index >= 15 is 0 Å². The summed E-state index contributed by atoms with van der Waals surface area (Å²) < 4.78 is 7.67. The van der Waals surface area contributed by atoms with E-state index in [1.54, 1.807) is 7.11 Å². The molecule has 1 aromatic carbocycles. The number of aromatic nitrogens is 1. The summed E-state index contributed by atoms with van der Waals surface area (Å²) in [6.07, 6.45) is 2.11. The fourth-order valence-corrected chi connectivity index (χ4v) is 2.93. The number of anilines is 1. The predicted molar refractivity (Wildman–Crippen MR) is 85.9 cm³/mol. The number of methoxy groups -OCH3 is 1. The van der Waals surface area contributed by atoms with E-state index in [1.807, 2.05) is 12.1 Å². The minimum atomic E-state index is 0.966. The third kappa shape index (κ3) is 3.05. The van der Waals surface area contributed by atoms with Crippen LogP contribution in [0.2, 0.25) is 0 Å². The van der Waals surface area contributed by atoms with Crippen LogP contribution in [-0.2, 0) is 13.6 Å². The first-order valence-electron chi connectivity index (χ1n) is 7.48. The molecule has 0 radical (unpaired) electrons. The highest BCUT2D eigenvalue weighted by molar-refractivity contribution is 5.58. The lowest BCUT2D eigenvalue weighted by atomic mass is 10.2. The molecule has 0 unspecified atom stereocenters. The van der Waals surface area contributed by atoms with Crippen molar-refractivity contribution in [2.24, 2.45) is 7.05 Å². The van der Waals surface area contributed by atoms with Crippen LogP contribution in [0.3, 0.4) is 0 Å². The first kappa shape index (κ1) is 14.0. The quantitative estimate of drug-likeness (QED) is 0.860. The number of para-hydroxylation sites is 2. The molecule has 21 heavy (non-hydrogen) atoms. The van der Waals surface area contributed by atoms with Crippen molar-refractivity contribution in [3.8, 4) is 5.75 Å². The molecule has 0 aliphatic carbocycles. The molecule has 0 bridgehead atoms. The second kappa shape index (κ2) is 6.22. The van der Waals surface area contributed by atoms with Gasteiger partial charge in [0.2, 0.25) is 0 Å². The normalized spacial score (nSPS) is 16.2. The average Bonchev–Trinajstić information content (AvgIpc) is 2.93. The smallest absolute Gasteiger partial charge is 0.142 e. The van der Waals surface area contributed by atoms with E-state index in [9.17, 15) is 0 Å². The molecule has 1 aliphatic heterocycles. The van der Waals surface area contributed by atoms with Crippen LogP contribution >= 0.6 is 0 Å². The van der Waals surface area contributed by atoms with Gasteiger partial charge in [0.1, 0.15) is 5.75 Å². The van der Waals surface area contributed by atoms with Gasteiger partial charge in [-0.3, -0.25) is 4.90 Å². The number of rotatable bonds is 4. The minimum absolute atomic E-state index is 0.966. The molecule has 0 atom stereocenters. The zero-order valence-corrected chi connectivity index (χ0v) is 12.8. The molecule has 0 spiro atoms. The van der Waals surface area contributed by atoms with Gasteiger partial charge in [-0.15, -0.1) is 0 Å². The molecule has 2 aromatic rings. The summed E-state index contributed by atoms with van der Waals surface area (Å²) in [5.41, 5.74) is 2.58. The standard InChI is InChI=1S/C17H23N3O/c1-18-9-5-6-15(18)14-19-10-12-20(13-11-19)16-7-3-4-8-17(16)21-2/h3-9H,10-14H2,1-2H3.